The SMILES string of the molecule is CCO[C@@H]1C[C@H]2C(=O)NC3(CC(C)(C)C3)C(=O)N(C)[C@@H](C(CC)CC)C(=O)N(C)[C@H](C(=O)N(C)C)CC(=O)N(C)[C@@H](C(C)C)C(=O)N[C@@H]([C@@H](C)CC)C(=O)N(C)CC(=O)N(C)[C@H]3C/C=C\CCN(C3=O)[C@@H](CC3CCC(C)CC3)C(=O)N(C)CC(=O)N[C@@H](CCC3CCC(Cl)C(Cl)C3)C(=O)N2C1. The van der Waals surface area contributed by atoms with E-state index in [9.17, 15) is 28.8 Å². The number of rotatable bonds is 14. The highest BCUT2D eigenvalue weighted by Crippen LogP contribution is 2.50. The van der Waals surface area contributed by atoms with Crippen molar-refractivity contribution >= 4 is 94.1 Å². The smallest absolute Gasteiger partial charge is 0.248 e. The van der Waals surface area contributed by atoms with Crippen molar-refractivity contribution in [2.24, 2.45) is 40.9 Å². The molecule has 3 aliphatic heterocycles. The number of halogens is 2. The summed E-state index contributed by atoms with van der Waals surface area (Å²) in [5, 5.41) is 8.49. The average molecular weight is 1470 g/mol. The van der Waals surface area contributed by atoms with E-state index in [0.717, 1.165) is 32.1 Å². The minimum absolute atomic E-state index is 0.0347. The van der Waals surface area contributed by atoms with Crippen LogP contribution in [0.2, 0.25) is 0 Å². The van der Waals surface area contributed by atoms with E-state index in [1.54, 1.807) is 27.7 Å². The molecule has 0 aromatic heterocycles. The van der Waals surface area contributed by atoms with Crippen LogP contribution in [0.15, 0.2) is 12.2 Å². The van der Waals surface area contributed by atoms with Gasteiger partial charge in [-0.25, -0.2) is 0 Å². The van der Waals surface area contributed by atoms with Crippen molar-refractivity contribution in [3.05, 3.63) is 12.2 Å². The maximum absolute atomic E-state index is 15.8. The van der Waals surface area contributed by atoms with Crippen LogP contribution in [-0.2, 0) is 62.3 Å². The third kappa shape index (κ3) is 20.7. The largest absolute Gasteiger partial charge is 0.377 e. The molecule has 3 saturated carbocycles. The van der Waals surface area contributed by atoms with Crippen LogP contribution >= 0.6 is 23.2 Å². The van der Waals surface area contributed by atoms with Gasteiger partial charge in [-0.3, -0.25) is 57.5 Å². The lowest BCUT2D eigenvalue weighted by atomic mass is 9.58. The third-order valence-corrected chi connectivity index (χ3v) is 24.2. The molecule has 2 bridgehead atoms. The Hall–Kier alpha value is -6.08. The number of carbonyl (C=O) groups is 12. The molecule has 3 unspecified atom stereocenters. The lowest BCUT2D eigenvalue weighted by molar-refractivity contribution is -0.161. The monoisotopic (exact) mass is 1470 g/mol. The number of amides is 12. The van der Waals surface area contributed by atoms with Gasteiger partial charge in [-0.15, -0.1) is 23.2 Å². The van der Waals surface area contributed by atoms with Gasteiger partial charge in [0.25, 0.3) is 0 Å². The number of nitrogens with one attached hydrogen (secondary N) is 3. The molecule has 1 spiro atoms. The van der Waals surface area contributed by atoms with Crippen LogP contribution < -0.4 is 16.0 Å². The molecule has 3 aliphatic carbocycles. The maximum Gasteiger partial charge on any atom is 0.248 e. The predicted molar refractivity (Wildman–Crippen MR) is 392 cm³/mol. The van der Waals surface area contributed by atoms with E-state index in [4.69, 9.17) is 27.9 Å². The summed E-state index contributed by atoms with van der Waals surface area (Å²) in [6.45, 7) is 18.1. The molecule has 6 rings (SSSR count). The molecule has 12 amide bonds. The molecule has 0 aromatic carbocycles. The molecule has 2 saturated heterocycles. The van der Waals surface area contributed by atoms with E-state index in [1.807, 2.05) is 46.8 Å². The number of hydrogen-bond donors (Lipinski definition) is 3. The highest BCUT2D eigenvalue weighted by Gasteiger charge is 2.59. The number of hydrogen-bond acceptors (Lipinski definition) is 13. The first kappa shape index (κ1) is 84.9. The molecule has 576 valence electrons. The second-order valence-corrected chi connectivity index (χ2v) is 33.2. The summed E-state index contributed by atoms with van der Waals surface area (Å²) in [4.78, 5) is 194. The predicted octanol–water partition coefficient (Wildman–Crippen LogP) is 6.05. The van der Waals surface area contributed by atoms with Gasteiger partial charge < -0.3 is 64.8 Å². The number of nitrogens with zero attached hydrogens (tertiary/aromatic N) is 9. The van der Waals surface area contributed by atoms with Gasteiger partial charge in [0.2, 0.25) is 70.9 Å². The second kappa shape index (κ2) is 37.3. The fraction of sp³-hybridized carbons (Fsp3) is 0.813. The molecule has 3 heterocycles. The second-order valence-electron chi connectivity index (χ2n) is 32.0. The molecule has 25 nitrogen and oxygen atoms in total. The Balaban J connectivity index is 1.48. The standard InChI is InChI=1S/C75H124Cl2N12O13/c1-19-47(8)62-71(99)83(14)42-61(92)84(15)55-26-24-23-25-35-88(70(55)98)58(37-49-29-27-46(7)28-30-49)69(97)82(13)41-59(90)78-54(34-32-48-31-33-52(76)53(77)36-48)67(95)89-40-51(102-22-4)38-56(89)65(93)80-75(43-74(9,10)44-75)73(101)87(18)64(50(20-2)21-3)72(100)85(16)57(68(96)81(11)12)39-60(91)86(17)63(45(5)6)66(94)79-62/h23-24,45-58,62-64H,19-22,25-44H2,1-18H3,(H,78,90)(H,79,94)(H,80,93)/b24-23-/t46?,47-,48?,49?,51+,52?,53?,54-,55-,56-,57-,58-,62-,63-,64-/m0/s1. The van der Waals surface area contributed by atoms with Crippen LogP contribution in [0.3, 0.4) is 0 Å². The van der Waals surface area contributed by atoms with Crippen molar-refractivity contribution in [2.45, 2.75) is 262 Å². The van der Waals surface area contributed by atoms with E-state index in [2.05, 4.69) is 22.9 Å². The van der Waals surface area contributed by atoms with Gasteiger partial charge in [0.05, 0.1) is 31.0 Å². The lowest BCUT2D eigenvalue weighted by Crippen LogP contribution is -2.71. The van der Waals surface area contributed by atoms with Gasteiger partial charge in [-0.2, -0.15) is 0 Å². The Morgan fingerprint density at radius 1 is 0.647 bits per heavy atom. The van der Waals surface area contributed by atoms with Gasteiger partial charge in [0.15, 0.2) is 0 Å². The zero-order valence-electron chi connectivity index (χ0n) is 64.5. The Morgan fingerprint density at radius 3 is 1.85 bits per heavy atom. The summed E-state index contributed by atoms with van der Waals surface area (Å²) in [6.07, 6.45) is 10.9. The summed E-state index contributed by atoms with van der Waals surface area (Å²) in [6, 6.07) is -9.69. The molecule has 13 atom stereocenters. The van der Waals surface area contributed by atoms with Crippen LogP contribution in [-0.4, -0.2) is 275 Å². The molecule has 3 N–H and O–H groups in total. The highest BCUT2D eigenvalue weighted by atomic mass is 35.5. The summed E-state index contributed by atoms with van der Waals surface area (Å²) >= 11 is 13.3. The minimum Gasteiger partial charge on any atom is -0.377 e. The summed E-state index contributed by atoms with van der Waals surface area (Å²) in [7, 11) is 11.7. The Labute approximate surface area is 617 Å². The van der Waals surface area contributed by atoms with Gasteiger partial charge >= 0.3 is 0 Å². The van der Waals surface area contributed by atoms with Crippen LogP contribution in [0.4, 0.5) is 0 Å². The van der Waals surface area contributed by atoms with Crippen molar-refractivity contribution in [3.8, 4) is 0 Å². The molecule has 102 heavy (non-hydrogen) atoms. The van der Waals surface area contributed by atoms with Crippen LogP contribution in [0.1, 0.15) is 191 Å². The van der Waals surface area contributed by atoms with E-state index in [1.165, 1.54) is 100 Å². The zero-order chi connectivity index (χ0) is 76.2. The Bertz CT molecular complexity index is 3010. The first-order valence-electron chi connectivity index (χ1n) is 37.7. The average Bonchev–Trinajstić information content (AvgIpc) is 0.896. The van der Waals surface area contributed by atoms with Gasteiger partial charge in [-0.1, -0.05) is 119 Å². The molecule has 0 aromatic rings. The summed E-state index contributed by atoms with van der Waals surface area (Å²) < 4.78 is 6.17. The molecule has 6 aliphatic rings. The first-order valence-corrected chi connectivity index (χ1v) is 38.6. The number of alkyl halides is 2. The van der Waals surface area contributed by atoms with E-state index in [-0.39, 0.29) is 80.8 Å². The molecule has 5 fully saturated rings. The number of likely N-dealkylation sites (N-methyl/N-ethyl adjacent to an activating group) is 7. The lowest BCUT2D eigenvalue weighted by Gasteiger charge is -2.54. The fourth-order valence-electron chi connectivity index (χ4n) is 16.8. The van der Waals surface area contributed by atoms with Gasteiger partial charge in [0, 0.05) is 87.9 Å². The quantitative estimate of drug-likeness (QED) is 0.132. The number of ether oxygens (including phenoxy) is 1. The Morgan fingerprint density at radius 2 is 1.27 bits per heavy atom. The van der Waals surface area contributed by atoms with E-state index in [0.29, 0.717) is 50.9 Å². The van der Waals surface area contributed by atoms with Crippen LogP contribution in [0.25, 0.3) is 0 Å². The van der Waals surface area contributed by atoms with Crippen molar-refractivity contribution in [3.63, 3.8) is 0 Å². The number of fused-ring (bicyclic) bond motifs is 3. The fourth-order valence-corrected chi connectivity index (χ4v) is 17.4. The van der Waals surface area contributed by atoms with Crippen molar-refractivity contribution < 1.29 is 62.3 Å². The minimum atomic E-state index is -1.59. The van der Waals surface area contributed by atoms with Crippen molar-refractivity contribution in [1.29, 1.82) is 0 Å². The van der Waals surface area contributed by atoms with E-state index >= 15 is 28.8 Å². The zero-order valence-corrected chi connectivity index (χ0v) is 66.0. The van der Waals surface area contributed by atoms with E-state index < -0.39 is 174 Å². The Kier molecular flexibility index (Phi) is 31.0. The van der Waals surface area contributed by atoms with Gasteiger partial charge in [-0.05, 0) is 112 Å². The van der Waals surface area contributed by atoms with Crippen LogP contribution in [0.5, 0.6) is 0 Å². The van der Waals surface area contributed by atoms with Crippen molar-refractivity contribution in [2.75, 3.05) is 89.2 Å². The number of carbonyl (C=O) groups excluding carboxylic acids is 12. The third-order valence-electron chi connectivity index (χ3n) is 23.1. The topological polar surface area (TPSA) is 279 Å². The molecule has 0 radical (unpaired) electrons. The normalized spacial score (nSPS) is 31.7. The molecular weight excluding hydrogens is 1350 g/mol. The summed E-state index contributed by atoms with van der Waals surface area (Å²) in [5.41, 5.74) is -2.07. The maximum atomic E-state index is 15.8. The van der Waals surface area contributed by atoms with Crippen LogP contribution in [0, 0.1) is 40.9 Å². The summed E-state index contributed by atoms with van der Waals surface area (Å²) in [5.74, 6) is -8.25. The molecular formula is C75H124Cl2N12O13. The van der Waals surface area contributed by atoms with Gasteiger partial charge in [0.1, 0.15) is 53.9 Å². The molecule has 27 heteroatoms. The van der Waals surface area contributed by atoms with Crippen molar-refractivity contribution in [1.82, 2.24) is 60.0 Å². The highest BCUT2D eigenvalue weighted by molar-refractivity contribution is 6.30. The first-order chi connectivity index (χ1) is 47.9.